The van der Waals surface area contributed by atoms with Gasteiger partial charge in [0.05, 0.1) is 15.6 Å². The van der Waals surface area contributed by atoms with Gasteiger partial charge in [-0.25, -0.2) is 14.6 Å². The monoisotopic (exact) mass is 443 g/mol. The summed E-state index contributed by atoms with van der Waals surface area (Å²) in [6, 6.07) is 17.7. The third-order valence-corrected chi connectivity index (χ3v) is 6.22. The normalized spacial score (nSPS) is 11.2. The van der Waals surface area contributed by atoms with Crippen molar-refractivity contribution < 1.29 is 9.53 Å². The molecule has 0 bridgehead atoms. The van der Waals surface area contributed by atoms with E-state index in [0.29, 0.717) is 11.6 Å². The van der Waals surface area contributed by atoms with Crippen molar-refractivity contribution in [2.45, 2.75) is 13.8 Å². The number of amides is 1. The number of thiazole rings is 1. The van der Waals surface area contributed by atoms with E-state index in [-0.39, 0.29) is 12.5 Å². The smallest absolute Gasteiger partial charge is 0.262 e. The molecule has 0 aliphatic carbocycles. The number of carbonyl (C=O) groups is 1. The van der Waals surface area contributed by atoms with Gasteiger partial charge in [0.2, 0.25) is 5.88 Å². The molecule has 0 aliphatic rings. The Hall–Kier alpha value is -3.78. The molecule has 3 aromatic heterocycles. The molecule has 2 aromatic carbocycles. The Morgan fingerprint density at radius 2 is 1.88 bits per heavy atom. The Balaban J connectivity index is 1.26. The van der Waals surface area contributed by atoms with E-state index in [4.69, 9.17) is 4.74 Å². The fraction of sp³-hybridized carbons (Fsp3) is 0.167. The van der Waals surface area contributed by atoms with E-state index in [1.165, 1.54) is 0 Å². The van der Waals surface area contributed by atoms with E-state index in [2.05, 4.69) is 26.4 Å². The number of hydrogen-bond acceptors (Lipinski definition) is 6. The van der Waals surface area contributed by atoms with E-state index in [1.807, 2.05) is 69.4 Å². The quantitative estimate of drug-likeness (QED) is 0.419. The first-order chi connectivity index (χ1) is 15.5. The molecule has 0 saturated carbocycles. The Morgan fingerprint density at radius 1 is 1.09 bits per heavy atom. The molecule has 1 amide bonds. The Kier molecular flexibility index (Phi) is 5.07. The van der Waals surface area contributed by atoms with Crippen molar-refractivity contribution in [2.75, 3.05) is 11.9 Å². The molecule has 8 heteroatoms. The van der Waals surface area contributed by atoms with Gasteiger partial charge in [0, 0.05) is 24.0 Å². The number of para-hydroxylation sites is 1. The largest absolute Gasteiger partial charge is 0.466 e. The highest BCUT2D eigenvalue weighted by Crippen LogP contribution is 2.31. The van der Waals surface area contributed by atoms with Gasteiger partial charge >= 0.3 is 0 Å². The van der Waals surface area contributed by atoms with E-state index >= 15 is 0 Å². The van der Waals surface area contributed by atoms with Crippen LogP contribution in [-0.4, -0.2) is 32.3 Å². The molecule has 0 aliphatic heterocycles. The molecule has 0 radical (unpaired) electrons. The lowest BCUT2D eigenvalue weighted by molar-refractivity contribution is -0.118. The molecule has 5 rings (SSSR count). The Labute approximate surface area is 188 Å². The second-order valence-corrected chi connectivity index (χ2v) is 8.64. The standard InChI is InChI=1S/C24H21N5O2S/c1-14-12-15(2)25-22-21(14)23(28-29(22)3)31-13-20(30)26-17-10-8-16(9-11-17)24-27-18-6-4-5-7-19(18)32-24/h4-12H,13H2,1-3H3,(H,26,30). The lowest BCUT2D eigenvalue weighted by Crippen LogP contribution is -2.20. The molecule has 7 nitrogen and oxygen atoms in total. The highest BCUT2D eigenvalue weighted by molar-refractivity contribution is 7.21. The summed E-state index contributed by atoms with van der Waals surface area (Å²) in [5.74, 6) is 0.156. The SMILES string of the molecule is Cc1cc(C)c2c(OCC(=O)Nc3ccc(-c4nc5ccccc5s4)cc3)nn(C)c2n1. The summed E-state index contributed by atoms with van der Waals surface area (Å²) in [6.45, 7) is 3.78. The molecule has 0 fully saturated rings. The van der Waals surface area contributed by atoms with Crippen molar-refractivity contribution in [3.63, 3.8) is 0 Å². The number of anilines is 1. The second kappa shape index (κ2) is 8.05. The average molecular weight is 444 g/mol. The van der Waals surface area contributed by atoms with Gasteiger partial charge in [0.1, 0.15) is 5.01 Å². The lowest BCUT2D eigenvalue weighted by Gasteiger charge is -2.07. The highest BCUT2D eigenvalue weighted by atomic mass is 32.1. The van der Waals surface area contributed by atoms with E-state index in [1.54, 1.807) is 16.0 Å². The van der Waals surface area contributed by atoms with E-state index < -0.39 is 0 Å². The van der Waals surface area contributed by atoms with Crippen LogP contribution < -0.4 is 10.1 Å². The molecule has 3 heterocycles. The number of carbonyl (C=O) groups excluding carboxylic acids is 1. The minimum atomic E-state index is -0.255. The predicted octanol–water partition coefficient (Wildman–Crippen LogP) is 4.88. The molecule has 0 unspecified atom stereocenters. The summed E-state index contributed by atoms with van der Waals surface area (Å²) >= 11 is 1.65. The Bertz CT molecular complexity index is 1420. The van der Waals surface area contributed by atoms with Crippen LogP contribution in [-0.2, 0) is 11.8 Å². The van der Waals surface area contributed by atoms with Gasteiger partial charge < -0.3 is 10.1 Å². The maximum Gasteiger partial charge on any atom is 0.262 e. The van der Waals surface area contributed by atoms with Gasteiger partial charge in [-0.05, 0) is 61.9 Å². The van der Waals surface area contributed by atoms with Crippen LogP contribution in [0.4, 0.5) is 5.69 Å². The minimum Gasteiger partial charge on any atom is -0.466 e. The first-order valence-corrected chi connectivity index (χ1v) is 11.0. The third kappa shape index (κ3) is 3.80. The maximum absolute atomic E-state index is 12.4. The number of hydrogen-bond donors (Lipinski definition) is 1. The summed E-state index contributed by atoms with van der Waals surface area (Å²) in [7, 11) is 1.81. The summed E-state index contributed by atoms with van der Waals surface area (Å²) in [5, 5.41) is 9.02. The molecular weight excluding hydrogens is 422 g/mol. The van der Waals surface area contributed by atoms with Gasteiger partial charge in [-0.2, -0.15) is 0 Å². The van der Waals surface area contributed by atoms with Crippen molar-refractivity contribution in [1.82, 2.24) is 19.7 Å². The van der Waals surface area contributed by atoms with Crippen molar-refractivity contribution in [2.24, 2.45) is 7.05 Å². The number of rotatable bonds is 5. The van der Waals surface area contributed by atoms with Gasteiger partial charge in [0.25, 0.3) is 5.91 Å². The van der Waals surface area contributed by atoms with Gasteiger partial charge in [-0.3, -0.25) is 4.79 Å². The fourth-order valence-corrected chi connectivity index (χ4v) is 4.64. The van der Waals surface area contributed by atoms with Crippen LogP contribution in [0.5, 0.6) is 5.88 Å². The number of aromatic nitrogens is 4. The molecule has 32 heavy (non-hydrogen) atoms. The molecule has 0 saturated heterocycles. The average Bonchev–Trinajstić information content (AvgIpc) is 3.34. The maximum atomic E-state index is 12.4. The summed E-state index contributed by atoms with van der Waals surface area (Å²) in [4.78, 5) is 21.6. The number of benzene rings is 2. The number of ether oxygens (including phenoxy) is 1. The predicted molar refractivity (Wildman–Crippen MR) is 127 cm³/mol. The van der Waals surface area contributed by atoms with Gasteiger partial charge in [0.15, 0.2) is 12.3 Å². The zero-order valence-corrected chi connectivity index (χ0v) is 18.7. The highest BCUT2D eigenvalue weighted by Gasteiger charge is 2.16. The van der Waals surface area contributed by atoms with Crippen molar-refractivity contribution >= 4 is 44.2 Å². The van der Waals surface area contributed by atoms with Gasteiger partial charge in [-0.15, -0.1) is 16.4 Å². The van der Waals surface area contributed by atoms with Crippen LogP contribution in [0, 0.1) is 13.8 Å². The minimum absolute atomic E-state index is 0.140. The number of nitrogens with one attached hydrogen (secondary N) is 1. The first kappa shape index (κ1) is 20.1. The zero-order chi connectivity index (χ0) is 22.2. The van der Waals surface area contributed by atoms with E-state index in [9.17, 15) is 4.79 Å². The van der Waals surface area contributed by atoms with Crippen LogP contribution in [0.1, 0.15) is 11.3 Å². The summed E-state index contributed by atoms with van der Waals surface area (Å²) in [5.41, 5.74) is 5.37. The molecule has 1 N–H and O–H groups in total. The number of aryl methyl sites for hydroxylation is 3. The number of pyridine rings is 1. The third-order valence-electron chi connectivity index (χ3n) is 5.14. The van der Waals surface area contributed by atoms with Crippen molar-refractivity contribution in [3.8, 4) is 16.5 Å². The molecular formula is C24H21N5O2S. The van der Waals surface area contributed by atoms with Crippen molar-refractivity contribution in [3.05, 3.63) is 65.9 Å². The lowest BCUT2D eigenvalue weighted by atomic mass is 10.2. The number of nitrogens with zero attached hydrogens (tertiary/aromatic N) is 4. The second-order valence-electron chi connectivity index (χ2n) is 7.61. The topological polar surface area (TPSA) is 81.9 Å². The van der Waals surface area contributed by atoms with Crippen LogP contribution in [0.25, 0.3) is 31.8 Å². The Morgan fingerprint density at radius 3 is 2.66 bits per heavy atom. The molecule has 5 aromatic rings. The molecule has 0 atom stereocenters. The zero-order valence-electron chi connectivity index (χ0n) is 17.9. The van der Waals surface area contributed by atoms with Crippen LogP contribution in [0.15, 0.2) is 54.6 Å². The fourth-order valence-electron chi connectivity index (χ4n) is 3.67. The number of fused-ring (bicyclic) bond motifs is 2. The molecule has 160 valence electrons. The van der Waals surface area contributed by atoms with Crippen molar-refractivity contribution in [1.29, 1.82) is 0 Å². The summed E-state index contributed by atoms with van der Waals surface area (Å²) < 4.78 is 8.55. The van der Waals surface area contributed by atoms with Crippen LogP contribution >= 0.6 is 11.3 Å². The summed E-state index contributed by atoms with van der Waals surface area (Å²) in [6.07, 6.45) is 0. The van der Waals surface area contributed by atoms with Crippen LogP contribution in [0.3, 0.4) is 0 Å². The van der Waals surface area contributed by atoms with E-state index in [0.717, 1.165) is 43.1 Å². The van der Waals surface area contributed by atoms with Gasteiger partial charge in [-0.1, -0.05) is 12.1 Å². The first-order valence-electron chi connectivity index (χ1n) is 10.2. The van der Waals surface area contributed by atoms with Crippen LogP contribution in [0.2, 0.25) is 0 Å². The molecule has 0 spiro atoms.